The highest BCUT2D eigenvalue weighted by Crippen LogP contribution is 2.20. The summed E-state index contributed by atoms with van der Waals surface area (Å²) >= 11 is 5.87. The van der Waals surface area contributed by atoms with E-state index in [0.29, 0.717) is 17.1 Å². The van der Waals surface area contributed by atoms with Crippen molar-refractivity contribution in [2.45, 2.75) is 26.2 Å². The van der Waals surface area contributed by atoms with Crippen LogP contribution < -0.4 is 5.32 Å². The quantitative estimate of drug-likeness (QED) is 0.803. The van der Waals surface area contributed by atoms with Gasteiger partial charge in [-0.3, -0.25) is 9.59 Å². The Balaban J connectivity index is 2.52. The third-order valence-corrected chi connectivity index (χ3v) is 2.36. The van der Waals surface area contributed by atoms with Gasteiger partial charge >= 0.3 is 0 Å². The zero-order valence-corrected chi connectivity index (χ0v) is 9.88. The normalized spacial score (nSPS) is 9.88. The average Bonchev–Trinajstić information content (AvgIpc) is 2.21. The summed E-state index contributed by atoms with van der Waals surface area (Å²) in [5.41, 5.74) is 0.540. The van der Waals surface area contributed by atoms with Crippen LogP contribution in [0.5, 0.6) is 0 Å². The fourth-order valence-corrected chi connectivity index (χ4v) is 1.49. The van der Waals surface area contributed by atoms with Crippen LogP contribution in [-0.2, 0) is 9.59 Å². The summed E-state index contributed by atoms with van der Waals surface area (Å²) in [5, 5.41) is 3.08. The van der Waals surface area contributed by atoms with Gasteiger partial charge in [-0.2, -0.15) is 0 Å². The molecule has 0 fully saturated rings. The SMILES string of the molecule is CCCC(=O)CC(=O)Nc1ccccc1Cl. The number of amides is 1. The van der Waals surface area contributed by atoms with Crippen LogP contribution in [0.15, 0.2) is 24.3 Å². The molecule has 1 N–H and O–H groups in total. The maximum atomic E-state index is 11.5. The molecule has 1 rings (SSSR count). The van der Waals surface area contributed by atoms with Gasteiger partial charge in [-0.05, 0) is 18.6 Å². The number of halogens is 1. The van der Waals surface area contributed by atoms with Crippen LogP contribution in [0.25, 0.3) is 0 Å². The summed E-state index contributed by atoms with van der Waals surface area (Å²) < 4.78 is 0. The summed E-state index contributed by atoms with van der Waals surface area (Å²) in [5.74, 6) is -0.362. The van der Waals surface area contributed by atoms with Crippen LogP contribution >= 0.6 is 11.6 Å². The van der Waals surface area contributed by atoms with Gasteiger partial charge in [-0.25, -0.2) is 0 Å². The van der Waals surface area contributed by atoms with Crippen molar-refractivity contribution < 1.29 is 9.59 Å². The number of para-hydroxylation sites is 1. The second kappa shape index (κ2) is 6.28. The topological polar surface area (TPSA) is 46.2 Å². The first-order valence-corrected chi connectivity index (χ1v) is 5.57. The molecule has 3 nitrogen and oxygen atoms in total. The van der Waals surface area contributed by atoms with Gasteiger partial charge in [-0.15, -0.1) is 0 Å². The molecule has 1 amide bonds. The summed E-state index contributed by atoms with van der Waals surface area (Å²) in [6.45, 7) is 1.91. The van der Waals surface area contributed by atoms with Gasteiger partial charge in [0.05, 0.1) is 17.1 Å². The van der Waals surface area contributed by atoms with Crippen LogP contribution in [0, 0.1) is 0 Å². The predicted octanol–water partition coefficient (Wildman–Crippen LogP) is 3.04. The summed E-state index contributed by atoms with van der Waals surface area (Å²) in [6.07, 6.45) is 1.12. The lowest BCUT2D eigenvalue weighted by Crippen LogP contribution is -2.16. The van der Waals surface area contributed by atoms with Crippen LogP contribution in [-0.4, -0.2) is 11.7 Å². The van der Waals surface area contributed by atoms with Crippen molar-refractivity contribution in [1.82, 2.24) is 0 Å². The van der Waals surface area contributed by atoms with Crippen molar-refractivity contribution in [3.05, 3.63) is 29.3 Å². The van der Waals surface area contributed by atoms with Gasteiger partial charge in [0.2, 0.25) is 5.91 Å². The van der Waals surface area contributed by atoms with Gasteiger partial charge in [0, 0.05) is 6.42 Å². The van der Waals surface area contributed by atoms with Gasteiger partial charge < -0.3 is 5.32 Å². The fourth-order valence-electron chi connectivity index (χ4n) is 1.30. The van der Waals surface area contributed by atoms with E-state index in [1.807, 2.05) is 6.92 Å². The van der Waals surface area contributed by atoms with E-state index in [1.165, 1.54) is 0 Å². The molecule has 86 valence electrons. The number of carbonyl (C=O) groups excluding carboxylic acids is 2. The average molecular weight is 240 g/mol. The predicted molar refractivity (Wildman–Crippen MR) is 64.6 cm³/mol. The molecule has 0 aliphatic rings. The lowest BCUT2D eigenvalue weighted by Gasteiger charge is -2.05. The molecule has 0 spiro atoms. The van der Waals surface area contributed by atoms with E-state index in [-0.39, 0.29) is 18.1 Å². The molecule has 4 heteroatoms. The Morgan fingerprint density at radius 2 is 2.00 bits per heavy atom. The number of hydrogen-bond donors (Lipinski definition) is 1. The Labute approximate surface area is 99.8 Å². The molecule has 0 saturated carbocycles. The monoisotopic (exact) mass is 239 g/mol. The van der Waals surface area contributed by atoms with Crippen LogP contribution in [0.1, 0.15) is 26.2 Å². The van der Waals surface area contributed by atoms with Crippen LogP contribution in [0.2, 0.25) is 5.02 Å². The van der Waals surface area contributed by atoms with Gasteiger partial charge in [0.1, 0.15) is 5.78 Å². The highest BCUT2D eigenvalue weighted by molar-refractivity contribution is 6.33. The third-order valence-electron chi connectivity index (χ3n) is 2.03. The molecule has 0 bridgehead atoms. The number of anilines is 1. The number of ketones is 1. The zero-order valence-electron chi connectivity index (χ0n) is 9.13. The molecule has 0 atom stereocenters. The Morgan fingerprint density at radius 3 is 2.62 bits per heavy atom. The van der Waals surface area contributed by atoms with Crippen molar-refractivity contribution in [3.63, 3.8) is 0 Å². The van der Waals surface area contributed by atoms with Crippen molar-refractivity contribution in [3.8, 4) is 0 Å². The zero-order chi connectivity index (χ0) is 12.0. The maximum absolute atomic E-state index is 11.5. The molecule has 0 saturated heterocycles. The lowest BCUT2D eigenvalue weighted by atomic mass is 10.1. The van der Waals surface area contributed by atoms with E-state index in [9.17, 15) is 9.59 Å². The van der Waals surface area contributed by atoms with Crippen LogP contribution in [0.4, 0.5) is 5.69 Å². The van der Waals surface area contributed by atoms with Crippen molar-refractivity contribution in [2.75, 3.05) is 5.32 Å². The number of nitrogens with one attached hydrogen (secondary N) is 1. The minimum atomic E-state index is -0.313. The minimum Gasteiger partial charge on any atom is -0.324 e. The molecule has 1 aromatic rings. The van der Waals surface area contributed by atoms with Crippen molar-refractivity contribution in [2.24, 2.45) is 0 Å². The smallest absolute Gasteiger partial charge is 0.231 e. The van der Waals surface area contributed by atoms with Gasteiger partial charge in [0.15, 0.2) is 0 Å². The molecular weight excluding hydrogens is 226 g/mol. The maximum Gasteiger partial charge on any atom is 0.231 e. The molecule has 0 heterocycles. The number of rotatable bonds is 5. The Morgan fingerprint density at radius 1 is 1.31 bits per heavy atom. The Kier molecular flexibility index (Phi) is 4.99. The minimum absolute atomic E-state index is 0.0490. The molecular formula is C12H14ClNO2. The van der Waals surface area contributed by atoms with E-state index in [2.05, 4.69) is 5.32 Å². The first-order chi connectivity index (χ1) is 7.63. The van der Waals surface area contributed by atoms with Crippen molar-refractivity contribution >= 4 is 29.0 Å². The van der Waals surface area contributed by atoms with E-state index >= 15 is 0 Å². The van der Waals surface area contributed by atoms with E-state index < -0.39 is 0 Å². The summed E-state index contributed by atoms with van der Waals surface area (Å²) in [4.78, 5) is 22.7. The molecule has 1 aromatic carbocycles. The lowest BCUT2D eigenvalue weighted by molar-refractivity contribution is -0.125. The third kappa shape index (κ3) is 4.03. The Hall–Kier alpha value is -1.35. The van der Waals surface area contributed by atoms with Gasteiger partial charge in [0.25, 0.3) is 0 Å². The fraction of sp³-hybridized carbons (Fsp3) is 0.333. The number of benzene rings is 1. The highest BCUT2D eigenvalue weighted by Gasteiger charge is 2.09. The first-order valence-electron chi connectivity index (χ1n) is 5.19. The van der Waals surface area contributed by atoms with Crippen molar-refractivity contribution in [1.29, 1.82) is 0 Å². The highest BCUT2D eigenvalue weighted by atomic mass is 35.5. The number of hydrogen-bond acceptors (Lipinski definition) is 2. The van der Waals surface area contributed by atoms with E-state index in [4.69, 9.17) is 11.6 Å². The largest absolute Gasteiger partial charge is 0.324 e. The molecule has 0 radical (unpaired) electrons. The van der Waals surface area contributed by atoms with Crippen LogP contribution in [0.3, 0.4) is 0 Å². The second-order valence-corrected chi connectivity index (χ2v) is 3.90. The summed E-state index contributed by atoms with van der Waals surface area (Å²) in [7, 11) is 0. The second-order valence-electron chi connectivity index (χ2n) is 3.49. The standard InChI is InChI=1S/C12H14ClNO2/c1-2-5-9(15)8-12(16)14-11-7-4-3-6-10(11)13/h3-4,6-7H,2,5,8H2,1H3,(H,14,16). The number of Topliss-reactive ketones (excluding diaryl/α,β-unsaturated/α-hetero) is 1. The Bertz CT molecular complexity index is 390. The molecule has 0 unspecified atom stereocenters. The van der Waals surface area contributed by atoms with Gasteiger partial charge in [-0.1, -0.05) is 30.7 Å². The molecule has 16 heavy (non-hydrogen) atoms. The molecule has 0 aliphatic carbocycles. The first kappa shape index (κ1) is 12.7. The molecule has 0 aromatic heterocycles. The van der Waals surface area contributed by atoms with E-state index in [1.54, 1.807) is 24.3 Å². The molecule has 0 aliphatic heterocycles. The summed E-state index contributed by atoms with van der Waals surface area (Å²) in [6, 6.07) is 6.94. The number of carbonyl (C=O) groups is 2. The van der Waals surface area contributed by atoms with E-state index in [0.717, 1.165) is 6.42 Å².